The summed E-state index contributed by atoms with van der Waals surface area (Å²) in [7, 11) is 0. The number of rotatable bonds is 4. The topological polar surface area (TPSA) is 44.5 Å². The Morgan fingerprint density at radius 3 is 2.67 bits per heavy atom. The average molecular weight is 213 g/mol. The first-order chi connectivity index (χ1) is 7.35. The Morgan fingerprint density at radius 2 is 2.07 bits per heavy atom. The molecule has 88 valence electrons. The van der Waals surface area contributed by atoms with Crippen LogP contribution in [0.2, 0.25) is 0 Å². The molecule has 1 atom stereocenters. The van der Waals surface area contributed by atoms with E-state index in [-0.39, 0.29) is 5.60 Å². The highest BCUT2D eigenvalue weighted by Crippen LogP contribution is 2.28. The molecular weight excluding hydrogens is 190 g/mol. The summed E-state index contributed by atoms with van der Waals surface area (Å²) < 4.78 is 11.5. The SMILES string of the molecule is NCC1(OCC2CCCC2)CCCOC1. The highest BCUT2D eigenvalue weighted by molar-refractivity contribution is 4.85. The van der Waals surface area contributed by atoms with E-state index in [2.05, 4.69) is 0 Å². The van der Waals surface area contributed by atoms with E-state index in [1.54, 1.807) is 0 Å². The van der Waals surface area contributed by atoms with Crippen LogP contribution >= 0.6 is 0 Å². The molecule has 0 aromatic heterocycles. The Bertz CT molecular complexity index is 184. The Hall–Kier alpha value is -0.120. The fourth-order valence-electron chi connectivity index (χ4n) is 2.63. The van der Waals surface area contributed by atoms with Crippen LogP contribution in [0.3, 0.4) is 0 Å². The first-order valence-electron chi connectivity index (χ1n) is 6.26. The third-order valence-electron chi connectivity index (χ3n) is 3.76. The van der Waals surface area contributed by atoms with E-state index in [4.69, 9.17) is 15.2 Å². The van der Waals surface area contributed by atoms with E-state index in [1.165, 1.54) is 25.7 Å². The third-order valence-corrected chi connectivity index (χ3v) is 3.76. The van der Waals surface area contributed by atoms with Gasteiger partial charge >= 0.3 is 0 Å². The van der Waals surface area contributed by atoms with Gasteiger partial charge in [-0.05, 0) is 31.6 Å². The number of nitrogens with two attached hydrogens (primary N) is 1. The van der Waals surface area contributed by atoms with Crippen molar-refractivity contribution in [1.82, 2.24) is 0 Å². The van der Waals surface area contributed by atoms with Crippen molar-refractivity contribution in [1.29, 1.82) is 0 Å². The molecule has 0 aromatic carbocycles. The highest BCUT2D eigenvalue weighted by Gasteiger charge is 2.33. The molecule has 1 aliphatic heterocycles. The maximum absolute atomic E-state index is 6.05. The normalized spacial score (nSPS) is 33.4. The van der Waals surface area contributed by atoms with Gasteiger partial charge in [-0.3, -0.25) is 0 Å². The summed E-state index contributed by atoms with van der Waals surface area (Å²) in [4.78, 5) is 0. The van der Waals surface area contributed by atoms with Gasteiger partial charge in [0.2, 0.25) is 0 Å². The lowest BCUT2D eigenvalue weighted by Crippen LogP contribution is -2.48. The number of hydrogen-bond acceptors (Lipinski definition) is 3. The lowest BCUT2D eigenvalue weighted by molar-refractivity contribution is -0.130. The standard InChI is InChI=1S/C12H23NO2/c13-9-12(6-3-7-14-10-12)15-8-11-4-1-2-5-11/h11H,1-10,13H2. The van der Waals surface area contributed by atoms with Crippen LogP contribution in [0.5, 0.6) is 0 Å². The van der Waals surface area contributed by atoms with Gasteiger partial charge in [-0.1, -0.05) is 12.8 Å². The molecule has 1 unspecified atom stereocenters. The lowest BCUT2D eigenvalue weighted by Gasteiger charge is -2.36. The fraction of sp³-hybridized carbons (Fsp3) is 1.00. The van der Waals surface area contributed by atoms with Gasteiger partial charge in [0, 0.05) is 13.2 Å². The molecule has 2 N–H and O–H groups in total. The molecule has 1 saturated heterocycles. The zero-order valence-corrected chi connectivity index (χ0v) is 9.54. The van der Waals surface area contributed by atoms with Crippen molar-refractivity contribution in [2.75, 3.05) is 26.4 Å². The molecule has 0 radical (unpaired) electrons. The van der Waals surface area contributed by atoms with E-state index in [0.717, 1.165) is 32.0 Å². The van der Waals surface area contributed by atoms with Crippen LogP contribution in [0, 0.1) is 5.92 Å². The van der Waals surface area contributed by atoms with E-state index in [9.17, 15) is 0 Å². The van der Waals surface area contributed by atoms with E-state index < -0.39 is 0 Å². The van der Waals surface area contributed by atoms with Crippen molar-refractivity contribution in [3.05, 3.63) is 0 Å². The summed E-state index contributed by atoms with van der Waals surface area (Å²) >= 11 is 0. The van der Waals surface area contributed by atoms with Gasteiger partial charge in [-0.2, -0.15) is 0 Å². The van der Waals surface area contributed by atoms with Crippen LogP contribution in [0.25, 0.3) is 0 Å². The average Bonchev–Trinajstić information content (AvgIpc) is 2.81. The second-order valence-corrected chi connectivity index (χ2v) is 5.00. The van der Waals surface area contributed by atoms with Crippen molar-refractivity contribution in [3.8, 4) is 0 Å². The van der Waals surface area contributed by atoms with E-state index >= 15 is 0 Å². The van der Waals surface area contributed by atoms with Crippen molar-refractivity contribution in [2.24, 2.45) is 11.7 Å². The predicted molar refractivity (Wildman–Crippen MR) is 59.7 cm³/mol. The Morgan fingerprint density at radius 1 is 1.27 bits per heavy atom. The molecule has 15 heavy (non-hydrogen) atoms. The van der Waals surface area contributed by atoms with E-state index in [1.807, 2.05) is 0 Å². The zero-order chi connectivity index (χ0) is 10.6. The Labute approximate surface area is 92.3 Å². The van der Waals surface area contributed by atoms with Crippen LogP contribution in [0.15, 0.2) is 0 Å². The van der Waals surface area contributed by atoms with Gasteiger partial charge < -0.3 is 15.2 Å². The van der Waals surface area contributed by atoms with Gasteiger partial charge in [-0.25, -0.2) is 0 Å². The summed E-state index contributed by atoms with van der Waals surface area (Å²) in [6.45, 7) is 3.05. The minimum absolute atomic E-state index is 0.166. The molecule has 3 nitrogen and oxygen atoms in total. The second kappa shape index (κ2) is 5.28. The van der Waals surface area contributed by atoms with Crippen LogP contribution in [-0.2, 0) is 9.47 Å². The maximum Gasteiger partial charge on any atom is 0.104 e. The molecule has 2 rings (SSSR count). The van der Waals surface area contributed by atoms with Crippen molar-refractivity contribution in [2.45, 2.75) is 44.1 Å². The summed E-state index contributed by atoms with van der Waals surface area (Å²) in [5.41, 5.74) is 5.65. The van der Waals surface area contributed by atoms with Gasteiger partial charge in [-0.15, -0.1) is 0 Å². The molecule has 0 bridgehead atoms. The largest absolute Gasteiger partial charge is 0.378 e. The Balaban J connectivity index is 1.78. The predicted octanol–water partition coefficient (Wildman–Crippen LogP) is 1.70. The summed E-state index contributed by atoms with van der Waals surface area (Å²) in [6.07, 6.45) is 7.57. The van der Waals surface area contributed by atoms with Crippen LogP contribution < -0.4 is 5.73 Å². The second-order valence-electron chi connectivity index (χ2n) is 5.00. The van der Waals surface area contributed by atoms with Crippen LogP contribution in [0.1, 0.15) is 38.5 Å². The summed E-state index contributed by atoms with van der Waals surface area (Å²) in [6, 6.07) is 0. The molecule has 2 aliphatic rings. The highest BCUT2D eigenvalue weighted by atomic mass is 16.5. The molecule has 0 amide bonds. The third kappa shape index (κ3) is 2.92. The van der Waals surface area contributed by atoms with Crippen molar-refractivity contribution < 1.29 is 9.47 Å². The number of hydrogen-bond donors (Lipinski definition) is 1. The van der Waals surface area contributed by atoms with Crippen LogP contribution in [0.4, 0.5) is 0 Å². The molecule has 1 aliphatic carbocycles. The van der Waals surface area contributed by atoms with Crippen molar-refractivity contribution >= 4 is 0 Å². The zero-order valence-electron chi connectivity index (χ0n) is 9.54. The molecule has 2 fully saturated rings. The monoisotopic (exact) mass is 213 g/mol. The summed E-state index contributed by atoms with van der Waals surface area (Å²) in [5, 5.41) is 0. The molecule has 0 spiro atoms. The summed E-state index contributed by atoms with van der Waals surface area (Å²) in [5.74, 6) is 0.773. The van der Waals surface area contributed by atoms with E-state index in [0.29, 0.717) is 13.2 Å². The van der Waals surface area contributed by atoms with Gasteiger partial charge in [0.25, 0.3) is 0 Å². The molecule has 3 heteroatoms. The molecule has 0 aromatic rings. The maximum atomic E-state index is 6.05. The smallest absolute Gasteiger partial charge is 0.104 e. The minimum atomic E-state index is -0.166. The van der Waals surface area contributed by atoms with Crippen molar-refractivity contribution in [3.63, 3.8) is 0 Å². The minimum Gasteiger partial charge on any atom is -0.378 e. The van der Waals surface area contributed by atoms with Crippen LogP contribution in [-0.4, -0.2) is 32.0 Å². The fourth-order valence-corrected chi connectivity index (χ4v) is 2.63. The number of ether oxygens (including phenoxy) is 2. The quantitative estimate of drug-likeness (QED) is 0.773. The molecular formula is C12H23NO2. The first kappa shape index (κ1) is 11.4. The molecule has 1 heterocycles. The van der Waals surface area contributed by atoms with Gasteiger partial charge in [0.05, 0.1) is 13.2 Å². The molecule has 1 saturated carbocycles. The first-order valence-corrected chi connectivity index (χ1v) is 6.26. The van der Waals surface area contributed by atoms with Gasteiger partial charge in [0.15, 0.2) is 0 Å². The Kier molecular flexibility index (Phi) is 4.00. The lowest BCUT2D eigenvalue weighted by atomic mass is 9.96. The van der Waals surface area contributed by atoms with Gasteiger partial charge in [0.1, 0.15) is 5.60 Å².